The Bertz CT molecular complexity index is 577. The second-order valence-electron chi connectivity index (χ2n) is 3.25. The average Bonchev–Trinajstić information content (AvgIpc) is 2.75. The first-order chi connectivity index (χ1) is 8.20. The van der Waals surface area contributed by atoms with E-state index in [1.807, 2.05) is 0 Å². The van der Waals surface area contributed by atoms with Crippen LogP contribution >= 0.6 is 11.7 Å². The molecule has 1 heterocycles. The maximum atomic E-state index is 11.2. The molecule has 0 spiro atoms. The van der Waals surface area contributed by atoms with Crippen LogP contribution in [0, 0.1) is 0 Å². The van der Waals surface area contributed by atoms with Crippen molar-refractivity contribution < 1.29 is 14.6 Å². The Labute approximate surface area is 102 Å². The van der Waals surface area contributed by atoms with Gasteiger partial charge in [-0.15, -0.1) is 0 Å². The molecule has 1 aromatic heterocycles. The molecule has 0 atom stereocenters. The Hall–Kier alpha value is -1.95. The minimum Gasteiger partial charge on any atom is -0.507 e. The van der Waals surface area contributed by atoms with Gasteiger partial charge >= 0.3 is 5.97 Å². The van der Waals surface area contributed by atoms with E-state index in [0.29, 0.717) is 11.1 Å². The highest BCUT2D eigenvalue weighted by atomic mass is 32.1. The Morgan fingerprint density at radius 3 is 3.00 bits per heavy atom. The molecule has 2 aromatic rings. The van der Waals surface area contributed by atoms with Gasteiger partial charge in [0.15, 0.2) is 0 Å². The molecule has 0 aliphatic rings. The number of rotatable bonds is 3. The molecular formula is C11H10N2O3S. The second-order valence-corrected chi connectivity index (χ2v) is 3.78. The van der Waals surface area contributed by atoms with Gasteiger partial charge in [-0.1, -0.05) is 0 Å². The minimum atomic E-state index is -0.568. The van der Waals surface area contributed by atoms with Crippen molar-refractivity contribution in [2.75, 3.05) is 6.61 Å². The Kier molecular flexibility index (Phi) is 3.34. The summed E-state index contributed by atoms with van der Waals surface area (Å²) < 4.78 is 12.8. The molecule has 0 saturated carbocycles. The summed E-state index contributed by atoms with van der Waals surface area (Å²) in [6.07, 6.45) is 1.05. The first-order valence-electron chi connectivity index (χ1n) is 5.01. The van der Waals surface area contributed by atoms with Gasteiger partial charge in [-0.05, 0) is 25.1 Å². The number of hydrogen-bond donors (Lipinski definition) is 1. The number of carbonyl (C=O) groups excluding carboxylic acids is 1. The van der Waals surface area contributed by atoms with E-state index in [1.54, 1.807) is 25.1 Å². The number of benzene rings is 1. The normalized spacial score (nSPS) is 11.7. The first kappa shape index (κ1) is 11.5. The molecule has 0 unspecified atom stereocenters. The third-order valence-corrected chi connectivity index (χ3v) is 2.65. The Morgan fingerprint density at radius 1 is 1.47 bits per heavy atom. The van der Waals surface area contributed by atoms with Crippen LogP contribution < -0.4 is 0 Å². The third kappa shape index (κ3) is 2.59. The molecule has 0 radical (unpaired) electrons. The van der Waals surface area contributed by atoms with Gasteiger partial charge in [-0.3, -0.25) is 0 Å². The lowest BCUT2D eigenvalue weighted by Crippen LogP contribution is -2.00. The van der Waals surface area contributed by atoms with Gasteiger partial charge in [-0.25, -0.2) is 4.79 Å². The fourth-order valence-electron chi connectivity index (χ4n) is 1.32. The largest absolute Gasteiger partial charge is 0.507 e. The number of aliphatic hydroxyl groups is 1. The van der Waals surface area contributed by atoms with Gasteiger partial charge in [0.05, 0.1) is 24.4 Å². The van der Waals surface area contributed by atoms with Crippen molar-refractivity contribution in [3.05, 3.63) is 29.8 Å². The summed E-state index contributed by atoms with van der Waals surface area (Å²) in [5, 5.41) is 9.73. The van der Waals surface area contributed by atoms with E-state index < -0.39 is 5.97 Å². The summed E-state index contributed by atoms with van der Waals surface area (Å²) in [4.78, 5) is 11.2. The highest BCUT2D eigenvalue weighted by Gasteiger charge is 2.06. The monoisotopic (exact) mass is 250 g/mol. The number of aromatic nitrogens is 2. The van der Waals surface area contributed by atoms with Crippen molar-refractivity contribution in [3.8, 4) is 0 Å². The van der Waals surface area contributed by atoms with Crippen molar-refractivity contribution in [2.24, 2.45) is 0 Å². The van der Waals surface area contributed by atoms with Crippen LogP contribution in [0.4, 0.5) is 0 Å². The lowest BCUT2D eigenvalue weighted by molar-refractivity contribution is -0.137. The summed E-state index contributed by atoms with van der Waals surface area (Å²) in [6, 6.07) is 5.09. The van der Waals surface area contributed by atoms with Crippen LogP contribution in [0.3, 0.4) is 0 Å². The zero-order valence-corrected chi connectivity index (χ0v) is 9.90. The lowest BCUT2D eigenvalue weighted by Gasteiger charge is -2.00. The molecule has 2 rings (SSSR count). The molecule has 0 aliphatic carbocycles. The smallest absolute Gasteiger partial charge is 0.334 e. The number of aliphatic hydroxyl groups excluding tert-OH is 1. The van der Waals surface area contributed by atoms with Crippen molar-refractivity contribution in [1.29, 1.82) is 0 Å². The highest BCUT2D eigenvalue weighted by molar-refractivity contribution is 7.00. The standard InChI is InChI=1S/C11H10N2O3S/c1-2-16-11(15)6-10(14)7-3-4-8-9(5-7)13-17-12-8/h3-6,14H,2H2,1H3/b10-6+. The van der Waals surface area contributed by atoms with Gasteiger partial charge < -0.3 is 9.84 Å². The Morgan fingerprint density at radius 2 is 2.24 bits per heavy atom. The van der Waals surface area contributed by atoms with Gasteiger partial charge in [0.2, 0.25) is 0 Å². The summed E-state index contributed by atoms with van der Waals surface area (Å²) in [5.41, 5.74) is 1.97. The molecule has 1 N–H and O–H groups in total. The van der Waals surface area contributed by atoms with Crippen molar-refractivity contribution >= 4 is 34.5 Å². The molecule has 0 saturated heterocycles. The number of carbonyl (C=O) groups is 1. The van der Waals surface area contributed by atoms with Crippen LogP contribution in [-0.2, 0) is 9.53 Å². The van der Waals surface area contributed by atoms with Crippen LogP contribution in [0.1, 0.15) is 12.5 Å². The van der Waals surface area contributed by atoms with E-state index in [4.69, 9.17) is 4.74 Å². The SMILES string of the molecule is CCOC(=O)/C=C(/O)c1ccc2nsnc2c1. The minimum absolute atomic E-state index is 0.140. The predicted octanol–water partition coefficient (Wildman–Crippen LogP) is 2.15. The molecule has 1 aromatic carbocycles. The quantitative estimate of drug-likeness (QED) is 0.513. The van der Waals surface area contributed by atoms with Gasteiger partial charge in [0.25, 0.3) is 0 Å². The molecule has 17 heavy (non-hydrogen) atoms. The fraction of sp³-hybridized carbons (Fsp3) is 0.182. The zero-order chi connectivity index (χ0) is 12.3. The van der Waals surface area contributed by atoms with E-state index in [-0.39, 0.29) is 12.4 Å². The second kappa shape index (κ2) is 4.92. The van der Waals surface area contributed by atoms with E-state index in [9.17, 15) is 9.90 Å². The number of hydrogen-bond acceptors (Lipinski definition) is 6. The molecule has 0 amide bonds. The summed E-state index contributed by atoms with van der Waals surface area (Å²) in [7, 11) is 0. The first-order valence-corrected chi connectivity index (χ1v) is 5.74. The van der Waals surface area contributed by atoms with Crippen LogP contribution in [0.25, 0.3) is 16.8 Å². The summed E-state index contributed by atoms with van der Waals surface area (Å²) in [6.45, 7) is 1.98. The molecule has 88 valence electrons. The van der Waals surface area contributed by atoms with Gasteiger partial charge in [0, 0.05) is 5.56 Å². The maximum Gasteiger partial charge on any atom is 0.334 e. The zero-order valence-electron chi connectivity index (χ0n) is 9.08. The molecule has 5 nitrogen and oxygen atoms in total. The van der Waals surface area contributed by atoms with E-state index in [1.165, 1.54) is 0 Å². The van der Waals surface area contributed by atoms with Crippen LogP contribution in [0.15, 0.2) is 24.3 Å². The summed E-state index contributed by atoms with van der Waals surface area (Å²) >= 11 is 1.10. The number of nitrogens with zero attached hydrogens (tertiary/aromatic N) is 2. The molecule has 0 bridgehead atoms. The van der Waals surface area contributed by atoms with E-state index >= 15 is 0 Å². The molecule has 0 fully saturated rings. The number of ether oxygens (including phenoxy) is 1. The van der Waals surface area contributed by atoms with Crippen LogP contribution in [0.5, 0.6) is 0 Å². The van der Waals surface area contributed by atoms with E-state index in [2.05, 4.69) is 8.75 Å². The Balaban J connectivity index is 2.29. The lowest BCUT2D eigenvalue weighted by atomic mass is 10.1. The topological polar surface area (TPSA) is 72.3 Å². The van der Waals surface area contributed by atoms with Crippen LogP contribution in [-0.4, -0.2) is 26.4 Å². The fourth-order valence-corrected chi connectivity index (χ4v) is 1.84. The highest BCUT2D eigenvalue weighted by Crippen LogP contribution is 2.18. The molecule has 6 heteroatoms. The number of esters is 1. The number of fused-ring (bicyclic) bond motifs is 1. The third-order valence-electron chi connectivity index (χ3n) is 2.09. The average molecular weight is 250 g/mol. The molecular weight excluding hydrogens is 240 g/mol. The molecule has 0 aliphatic heterocycles. The van der Waals surface area contributed by atoms with Gasteiger partial charge in [-0.2, -0.15) is 8.75 Å². The van der Waals surface area contributed by atoms with Crippen molar-refractivity contribution in [3.63, 3.8) is 0 Å². The van der Waals surface area contributed by atoms with E-state index in [0.717, 1.165) is 23.3 Å². The van der Waals surface area contributed by atoms with Crippen molar-refractivity contribution in [2.45, 2.75) is 6.92 Å². The summed E-state index contributed by atoms with van der Waals surface area (Å²) in [5.74, 6) is -0.708. The van der Waals surface area contributed by atoms with Crippen LogP contribution in [0.2, 0.25) is 0 Å². The van der Waals surface area contributed by atoms with Crippen molar-refractivity contribution in [1.82, 2.24) is 8.75 Å². The maximum absolute atomic E-state index is 11.2. The predicted molar refractivity (Wildman–Crippen MR) is 64.7 cm³/mol. The van der Waals surface area contributed by atoms with Gasteiger partial charge in [0.1, 0.15) is 16.8 Å².